The van der Waals surface area contributed by atoms with Crippen LogP contribution in [0.4, 0.5) is 0 Å². The van der Waals surface area contributed by atoms with Gasteiger partial charge in [0, 0.05) is 19.0 Å². The highest BCUT2D eigenvalue weighted by Gasteiger charge is 2.53. The number of hydrogen-bond acceptors (Lipinski definition) is 4. The fourth-order valence-electron chi connectivity index (χ4n) is 4.09. The van der Waals surface area contributed by atoms with Gasteiger partial charge in [0.15, 0.2) is 0 Å². The second kappa shape index (κ2) is 5.24. The molecule has 2 N–H and O–H groups in total. The zero-order valence-corrected chi connectivity index (χ0v) is 13.6. The Hall–Kier alpha value is -0.160. The van der Waals surface area contributed by atoms with Crippen molar-refractivity contribution < 1.29 is 14.9 Å². The lowest BCUT2D eigenvalue weighted by atomic mass is 9.84. The minimum Gasteiger partial charge on any atom is -0.390 e. The molecule has 4 heteroatoms. The first-order valence-corrected chi connectivity index (χ1v) is 7.85. The zero-order chi connectivity index (χ0) is 15.2. The molecule has 0 bridgehead atoms. The van der Waals surface area contributed by atoms with E-state index in [-0.39, 0.29) is 11.5 Å². The molecule has 0 radical (unpaired) electrons. The van der Waals surface area contributed by atoms with E-state index in [0.29, 0.717) is 6.54 Å². The summed E-state index contributed by atoms with van der Waals surface area (Å²) in [4.78, 5) is 2.16. The van der Waals surface area contributed by atoms with Crippen molar-refractivity contribution in [1.82, 2.24) is 4.90 Å². The first kappa shape index (κ1) is 16.2. The van der Waals surface area contributed by atoms with Crippen molar-refractivity contribution in [2.45, 2.75) is 76.3 Å². The van der Waals surface area contributed by atoms with E-state index >= 15 is 0 Å². The number of aliphatic hydroxyl groups is 2. The van der Waals surface area contributed by atoms with Gasteiger partial charge in [-0.25, -0.2) is 0 Å². The molecule has 2 rings (SSSR count). The molecular formula is C16H31NO3. The summed E-state index contributed by atoms with van der Waals surface area (Å²) in [5.41, 5.74) is -1.37. The third-order valence-corrected chi connectivity index (χ3v) is 5.12. The maximum atomic E-state index is 10.5. The molecule has 118 valence electrons. The quantitative estimate of drug-likeness (QED) is 0.827. The molecule has 2 atom stereocenters. The van der Waals surface area contributed by atoms with Gasteiger partial charge in [0.05, 0.1) is 22.9 Å². The van der Waals surface area contributed by atoms with Crippen molar-refractivity contribution in [2.75, 3.05) is 20.1 Å². The summed E-state index contributed by atoms with van der Waals surface area (Å²) in [5.74, 6) is 0.0625. The van der Waals surface area contributed by atoms with Crippen LogP contribution < -0.4 is 0 Å². The van der Waals surface area contributed by atoms with Crippen LogP contribution in [0.15, 0.2) is 0 Å². The number of hydrogen-bond donors (Lipinski definition) is 2. The standard InChI is InChI=1S/C16H31NO3/c1-14(2)12(13(18)15(3,4)20-14)10-17(5)11-16(19)8-6-7-9-16/h12-13,18-19H,6-11H2,1-5H3. The molecule has 0 aromatic carbocycles. The van der Waals surface area contributed by atoms with Crippen molar-refractivity contribution in [3.63, 3.8) is 0 Å². The topological polar surface area (TPSA) is 52.9 Å². The molecule has 4 nitrogen and oxygen atoms in total. The third kappa shape index (κ3) is 3.19. The normalized spacial score (nSPS) is 34.8. The average Bonchev–Trinajstić information content (AvgIpc) is 2.74. The highest BCUT2D eigenvalue weighted by atomic mass is 16.5. The van der Waals surface area contributed by atoms with Crippen LogP contribution >= 0.6 is 0 Å². The van der Waals surface area contributed by atoms with E-state index in [4.69, 9.17) is 4.74 Å². The Kier molecular flexibility index (Phi) is 4.25. The van der Waals surface area contributed by atoms with E-state index in [0.717, 1.165) is 32.2 Å². The Labute approximate surface area is 123 Å². The van der Waals surface area contributed by atoms with Gasteiger partial charge >= 0.3 is 0 Å². The summed E-state index contributed by atoms with van der Waals surface area (Å²) in [6.07, 6.45) is 3.57. The van der Waals surface area contributed by atoms with Crippen LogP contribution in [-0.4, -0.2) is 58.2 Å². The molecule has 0 spiro atoms. The Balaban J connectivity index is 1.98. The van der Waals surface area contributed by atoms with E-state index in [2.05, 4.69) is 4.90 Å². The van der Waals surface area contributed by atoms with Crippen LogP contribution in [0.3, 0.4) is 0 Å². The molecule has 1 saturated carbocycles. The molecule has 1 aliphatic carbocycles. The van der Waals surface area contributed by atoms with Gasteiger partial charge in [-0.05, 0) is 47.6 Å². The molecular weight excluding hydrogens is 254 g/mol. The Morgan fingerprint density at radius 3 is 2.10 bits per heavy atom. The molecule has 1 aliphatic heterocycles. The molecule has 0 amide bonds. The van der Waals surface area contributed by atoms with E-state index < -0.39 is 17.3 Å². The van der Waals surface area contributed by atoms with Gasteiger partial charge in [0.1, 0.15) is 0 Å². The van der Waals surface area contributed by atoms with Crippen LogP contribution in [-0.2, 0) is 4.74 Å². The molecule has 0 aromatic rings. The Morgan fingerprint density at radius 2 is 1.65 bits per heavy atom. The molecule has 2 aliphatic rings. The average molecular weight is 285 g/mol. The van der Waals surface area contributed by atoms with Crippen LogP contribution in [0.5, 0.6) is 0 Å². The van der Waals surface area contributed by atoms with Crippen LogP contribution in [0.2, 0.25) is 0 Å². The monoisotopic (exact) mass is 285 g/mol. The molecule has 1 heterocycles. The lowest BCUT2D eigenvalue weighted by Crippen LogP contribution is -2.46. The number of aliphatic hydroxyl groups excluding tert-OH is 1. The van der Waals surface area contributed by atoms with Gasteiger partial charge in [-0.3, -0.25) is 0 Å². The Bertz CT molecular complexity index is 348. The van der Waals surface area contributed by atoms with Crippen molar-refractivity contribution in [3.8, 4) is 0 Å². The number of nitrogens with zero attached hydrogens (tertiary/aromatic N) is 1. The number of rotatable bonds is 4. The zero-order valence-electron chi connectivity index (χ0n) is 13.6. The van der Waals surface area contributed by atoms with Gasteiger partial charge in [0.25, 0.3) is 0 Å². The van der Waals surface area contributed by atoms with Gasteiger partial charge in [-0.2, -0.15) is 0 Å². The molecule has 1 saturated heterocycles. The highest BCUT2D eigenvalue weighted by molar-refractivity contribution is 5.02. The lowest BCUT2D eigenvalue weighted by Gasteiger charge is -2.34. The van der Waals surface area contributed by atoms with Gasteiger partial charge < -0.3 is 19.8 Å². The molecule has 0 aromatic heterocycles. The maximum Gasteiger partial charge on any atom is 0.0896 e. The van der Waals surface area contributed by atoms with Gasteiger partial charge in [-0.1, -0.05) is 12.8 Å². The number of likely N-dealkylation sites (N-methyl/N-ethyl adjacent to an activating group) is 1. The van der Waals surface area contributed by atoms with Gasteiger partial charge in [0.2, 0.25) is 0 Å². The summed E-state index contributed by atoms with van der Waals surface area (Å²) < 4.78 is 6.02. The summed E-state index contributed by atoms with van der Waals surface area (Å²) in [5, 5.41) is 21.0. The van der Waals surface area contributed by atoms with Crippen molar-refractivity contribution >= 4 is 0 Å². The van der Waals surface area contributed by atoms with Gasteiger partial charge in [-0.15, -0.1) is 0 Å². The summed E-state index contributed by atoms with van der Waals surface area (Å²) in [7, 11) is 2.03. The molecule has 2 unspecified atom stereocenters. The van der Waals surface area contributed by atoms with E-state index in [1.165, 1.54) is 0 Å². The first-order valence-electron chi connectivity index (χ1n) is 7.85. The SMILES string of the molecule is CN(CC1C(O)C(C)(C)OC1(C)C)CC1(O)CCCC1. The second-order valence-corrected chi connectivity index (χ2v) is 7.99. The summed E-state index contributed by atoms with van der Waals surface area (Å²) in [6, 6.07) is 0. The smallest absolute Gasteiger partial charge is 0.0896 e. The van der Waals surface area contributed by atoms with Crippen LogP contribution in [0, 0.1) is 5.92 Å². The van der Waals surface area contributed by atoms with E-state index in [1.54, 1.807) is 0 Å². The van der Waals surface area contributed by atoms with E-state index in [1.807, 2.05) is 34.7 Å². The highest BCUT2D eigenvalue weighted by Crippen LogP contribution is 2.42. The Morgan fingerprint density at radius 1 is 1.10 bits per heavy atom. The van der Waals surface area contributed by atoms with Crippen LogP contribution in [0.25, 0.3) is 0 Å². The number of ether oxygens (including phenoxy) is 1. The molecule has 20 heavy (non-hydrogen) atoms. The minimum absolute atomic E-state index is 0.0625. The minimum atomic E-state index is -0.529. The predicted octanol–water partition coefficient (Wildman–Crippen LogP) is 1.79. The van der Waals surface area contributed by atoms with Crippen LogP contribution in [0.1, 0.15) is 53.4 Å². The summed E-state index contributed by atoms with van der Waals surface area (Å²) >= 11 is 0. The predicted molar refractivity (Wildman–Crippen MR) is 79.7 cm³/mol. The fraction of sp³-hybridized carbons (Fsp3) is 1.00. The van der Waals surface area contributed by atoms with E-state index in [9.17, 15) is 10.2 Å². The fourth-order valence-corrected chi connectivity index (χ4v) is 4.09. The second-order valence-electron chi connectivity index (χ2n) is 7.99. The maximum absolute atomic E-state index is 10.5. The largest absolute Gasteiger partial charge is 0.390 e. The van der Waals surface area contributed by atoms with Crippen molar-refractivity contribution in [3.05, 3.63) is 0 Å². The van der Waals surface area contributed by atoms with Crippen molar-refractivity contribution in [1.29, 1.82) is 0 Å². The molecule has 2 fully saturated rings. The van der Waals surface area contributed by atoms with Crippen molar-refractivity contribution in [2.24, 2.45) is 5.92 Å². The lowest BCUT2D eigenvalue weighted by molar-refractivity contribution is -0.0916. The summed E-state index contributed by atoms with van der Waals surface area (Å²) in [6.45, 7) is 9.43. The third-order valence-electron chi connectivity index (χ3n) is 5.12. The first-order chi connectivity index (χ1) is 9.06.